The number of esters is 1. The van der Waals surface area contributed by atoms with Crippen molar-refractivity contribution < 1.29 is 33.6 Å². The Hall–Kier alpha value is -2.88. The monoisotopic (exact) mass is 538 g/mol. The molecule has 1 heterocycles. The molecule has 4 rings (SSSR count). The lowest BCUT2D eigenvalue weighted by molar-refractivity contribution is -0.239. The van der Waals surface area contributed by atoms with E-state index in [1.165, 1.54) is 11.8 Å². The summed E-state index contributed by atoms with van der Waals surface area (Å²) in [5.41, 5.74) is 1.80. The molecule has 38 heavy (non-hydrogen) atoms. The standard InChI is InChI=1S/C30H34O7S/c1-3-38-30-28(37-29(32)23-12-8-5-9-13-23)27(35-19-21-10-6-4-7-11-21)26(25(18-31)36-30)34-20-22-14-16-24(33-2)17-15-22/h4-17,25-28,30-31H,3,18-20H2,1-2H3/t25-,26-,27+,28-,30+/m1/s1. The number of thioether (sulfide) groups is 1. The van der Waals surface area contributed by atoms with Gasteiger partial charge in [-0.05, 0) is 41.1 Å². The van der Waals surface area contributed by atoms with E-state index in [0.29, 0.717) is 5.56 Å². The number of rotatable bonds is 12. The molecule has 1 aliphatic rings. The fourth-order valence-electron chi connectivity index (χ4n) is 4.29. The zero-order valence-electron chi connectivity index (χ0n) is 21.6. The summed E-state index contributed by atoms with van der Waals surface area (Å²) in [5, 5.41) is 10.3. The Kier molecular flexibility index (Phi) is 10.6. The Morgan fingerprint density at radius 1 is 0.842 bits per heavy atom. The summed E-state index contributed by atoms with van der Waals surface area (Å²) in [6.45, 7) is 2.28. The van der Waals surface area contributed by atoms with Crippen LogP contribution in [0, 0.1) is 0 Å². The maximum atomic E-state index is 13.1. The molecule has 3 aromatic carbocycles. The van der Waals surface area contributed by atoms with Gasteiger partial charge in [-0.1, -0.05) is 67.6 Å². The van der Waals surface area contributed by atoms with Gasteiger partial charge >= 0.3 is 5.97 Å². The summed E-state index contributed by atoms with van der Waals surface area (Å²) in [6, 6.07) is 26.2. The van der Waals surface area contributed by atoms with E-state index in [0.717, 1.165) is 22.6 Å². The molecule has 1 fully saturated rings. The van der Waals surface area contributed by atoms with Gasteiger partial charge in [0.05, 0.1) is 32.5 Å². The van der Waals surface area contributed by atoms with Crippen LogP contribution in [0.4, 0.5) is 0 Å². The van der Waals surface area contributed by atoms with Crippen LogP contribution < -0.4 is 4.74 Å². The molecule has 0 aromatic heterocycles. The molecule has 0 saturated carbocycles. The molecule has 1 saturated heterocycles. The second-order valence-corrected chi connectivity index (χ2v) is 10.2. The van der Waals surface area contributed by atoms with Gasteiger partial charge < -0.3 is 28.8 Å². The molecular weight excluding hydrogens is 504 g/mol. The molecule has 1 aliphatic heterocycles. The molecule has 1 N–H and O–H groups in total. The van der Waals surface area contributed by atoms with Gasteiger partial charge in [0.2, 0.25) is 0 Å². The molecule has 0 aliphatic carbocycles. The second kappa shape index (κ2) is 14.3. The van der Waals surface area contributed by atoms with Crippen LogP contribution >= 0.6 is 11.8 Å². The van der Waals surface area contributed by atoms with E-state index in [1.807, 2.05) is 67.6 Å². The first-order chi connectivity index (χ1) is 18.6. The lowest BCUT2D eigenvalue weighted by Gasteiger charge is -2.45. The van der Waals surface area contributed by atoms with Gasteiger partial charge in [-0.15, -0.1) is 11.8 Å². The average molecular weight is 539 g/mol. The molecule has 3 aromatic rings. The summed E-state index contributed by atoms with van der Waals surface area (Å²) >= 11 is 1.50. The van der Waals surface area contributed by atoms with Crippen molar-refractivity contribution in [3.8, 4) is 5.75 Å². The number of aliphatic hydroxyl groups is 1. The van der Waals surface area contributed by atoms with Crippen molar-refractivity contribution in [2.24, 2.45) is 0 Å². The van der Waals surface area contributed by atoms with Gasteiger partial charge in [0.15, 0.2) is 6.10 Å². The fourth-order valence-corrected chi connectivity index (χ4v) is 5.24. The summed E-state index contributed by atoms with van der Waals surface area (Å²) in [6.07, 6.45) is -2.80. The van der Waals surface area contributed by atoms with Crippen LogP contribution in [0.5, 0.6) is 5.75 Å². The van der Waals surface area contributed by atoms with Crippen LogP contribution in [0.1, 0.15) is 28.4 Å². The minimum absolute atomic E-state index is 0.255. The van der Waals surface area contributed by atoms with Crippen molar-refractivity contribution in [2.45, 2.75) is 50.0 Å². The minimum atomic E-state index is -0.764. The Labute approximate surface area is 228 Å². The summed E-state index contributed by atoms with van der Waals surface area (Å²) in [4.78, 5) is 13.1. The first kappa shape index (κ1) is 28.1. The van der Waals surface area contributed by atoms with Gasteiger partial charge in [-0.3, -0.25) is 0 Å². The highest BCUT2D eigenvalue weighted by atomic mass is 32.2. The Morgan fingerprint density at radius 3 is 2.05 bits per heavy atom. The third-order valence-corrected chi connectivity index (χ3v) is 7.28. The van der Waals surface area contributed by atoms with Crippen LogP contribution in [0.2, 0.25) is 0 Å². The van der Waals surface area contributed by atoms with Crippen LogP contribution in [0.3, 0.4) is 0 Å². The van der Waals surface area contributed by atoms with Crippen LogP contribution in [0.25, 0.3) is 0 Å². The summed E-state index contributed by atoms with van der Waals surface area (Å²) < 4.78 is 30.3. The first-order valence-electron chi connectivity index (χ1n) is 12.7. The number of hydrogen-bond acceptors (Lipinski definition) is 8. The van der Waals surface area contributed by atoms with E-state index >= 15 is 0 Å². The van der Waals surface area contributed by atoms with E-state index in [-0.39, 0.29) is 19.8 Å². The summed E-state index contributed by atoms with van der Waals surface area (Å²) in [5.74, 6) is 1.01. The van der Waals surface area contributed by atoms with Crippen LogP contribution in [-0.4, -0.2) is 60.4 Å². The highest BCUT2D eigenvalue weighted by molar-refractivity contribution is 7.99. The van der Waals surface area contributed by atoms with Gasteiger partial charge in [-0.2, -0.15) is 0 Å². The van der Waals surface area contributed by atoms with E-state index < -0.39 is 35.8 Å². The van der Waals surface area contributed by atoms with E-state index in [9.17, 15) is 9.90 Å². The first-order valence-corrected chi connectivity index (χ1v) is 13.7. The predicted molar refractivity (Wildman–Crippen MR) is 146 cm³/mol. The molecule has 0 unspecified atom stereocenters. The number of carbonyl (C=O) groups is 1. The van der Waals surface area contributed by atoms with Crippen molar-refractivity contribution in [1.82, 2.24) is 0 Å². The van der Waals surface area contributed by atoms with Gasteiger partial charge in [0.25, 0.3) is 0 Å². The highest BCUT2D eigenvalue weighted by Gasteiger charge is 2.49. The van der Waals surface area contributed by atoms with Crippen molar-refractivity contribution in [2.75, 3.05) is 19.5 Å². The zero-order chi connectivity index (χ0) is 26.7. The average Bonchev–Trinajstić information content (AvgIpc) is 2.97. The Bertz CT molecular complexity index is 1110. The molecule has 0 spiro atoms. The topological polar surface area (TPSA) is 83.5 Å². The zero-order valence-corrected chi connectivity index (χ0v) is 22.4. The minimum Gasteiger partial charge on any atom is -0.497 e. The molecular formula is C30H34O7S. The number of benzene rings is 3. The van der Waals surface area contributed by atoms with Gasteiger partial charge in [0.1, 0.15) is 29.5 Å². The molecule has 0 bridgehead atoms. The summed E-state index contributed by atoms with van der Waals surface area (Å²) in [7, 11) is 1.62. The second-order valence-electron chi connectivity index (χ2n) is 8.80. The molecule has 8 heteroatoms. The number of carbonyl (C=O) groups excluding carboxylic acids is 1. The maximum absolute atomic E-state index is 13.1. The lowest BCUT2D eigenvalue weighted by Crippen LogP contribution is -2.60. The van der Waals surface area contributed by atoms with Crippen molar-refractivity contribution in [3.05, 3.63) is 102 Å². The van der Waals surface area contributed by atoms with E-state index in [2.05, 4.69) is 0 Å². The quantitative estimate of drug-likeness (QED) is 0.328. The van der Waals surface area contributed by atoms with Crippen molar-refractivity contribution in [1.29, 1.82) is 0 Å². The molecule has 0 radical (unpaired) electrons. The lowest BCUT2D eigenvalue weighted by atomic mass is 9.99. The van der Waals surface area contributed by atoms with Crippen LogP contribution in [-0.2, 0) is 32.2 Å². The fraction of sp³-hybridized carbons (Fsp3) is 0.367. The molecule has 7 nitrogen and oxygen atoms in total. The Balaban J connectivity index is 1.61. The highest BCUT2D eigenvalue weighted by Crippen LogP contribution is 2.35. The smallest absolute Gasteiger partial charge is 0.338 e. The van der Waals surface area contributed by atoms with Crippen LogP contribution in [0.15, 0.2) is 84.9 Å². The van der Waals surface area contributed by atoms with E-state index in [1.54, 1.807) is 31.4 Å². The van der Waals surface area contributed by atoms with Gasteiger partial charge in [0, 0.05) is 0 Å². The molecule has 202 valence electrons. The molecule has 5 atom stereocenters. The Morgan fingerprint density at radius 2 is 1.45 bits per heavy atom. The van der Waals surface area contributed by atoms with Crippen molar-refractivity contribution in [3.63, 3.8) is 0 Å². The normalized spacial score (nSPS) is 23.1. The van der Waals surface area contributed by atoms with E-state index in [4.69, 9.17) is 23.7 Å². The number of ether oxygens (including phenoxy) is 5. The predicted octanol–water partition coefficient (Wildman–Crippen LogP) is 4.86. The van der Waals surface area contributed by atoms with Gasteiger partial charge in [-0.25, -0.2) is 4.79 Å². The number of methoxy groups -OCH3 is 1. The molecule has 0 amide bonds. The number of hydrogen-bond donors (Lipinski definition) is 1. The SMILES string of the molecule is CCS[C@@H]1O[C@H](CO)[C@@H](OCc2ccc(OC)cc2)[C@H](OCc2ccccc2)[C@H]1OC(=O)c1ccccc1. The largest absolute Gasteiger partial charge is 0.497 e. The third-order valence-electron chi connectivity index (χ3n) is 6.24. The third kappa shape index (κ3) is 7.36. The number of aliphatic hydroxyl groups excluding tert-OH is 1. The van der Waals surface area contributed by atoms with Crippen molar-refractivity contribution >= 4 is 17.7 Å². The maximum Gasteiger partial charge on any atom is 0.338 e.